The summed E-state index contributed by atoms with van der Waals surface area (Å²) in [4.78, 5) is 6.90. The van der Waals surface area contributed by atoms with Crippen molar-refractivity contribution in [1.82, 2.24) is 9.88 Å². The Hall–Kier alpha value is -3.21. The van der Waals surface area contributed by atoms with Gasteiger partial charge in [-0.3, -0.25) is 9.88 Å². The zero-order valence-electron chi connectivity index (χ0n) is 18.2. The zero-order valence-corrected chi connectivity index (χ0v) is 18.2. The Morgan fingerprint density at radius 2 is 1.81 bits per heavy atom. The van der Waals surface area contributed by atoms with Crippen LogP contribution in [0.4, 0.5) is 0 Å². The summed E-state index contributed by atoms with van der Waals surface area (Å²) in [5, 5.41) is 12.0. The van der Waals surface area contributed by atoms with E-state index in [1.807, 2.05) is 42.6 Å². The molecule has 1 unspecified atom stereocenters. The molecule has 0 saturated heterocycles. The molecule has 1 aliphatic heterocycles. The maximum Gasteiger partial charge on any atom is 0.123 e. The first-order valence-corrected chi connectivity index (χ1v) is 11.3. The molecule has 32 heavy (non-hydrogen) atoms. The monoisotopic (exact) mass is 424 g/mol. The molecule has 0 aliphatic carbocycles. The Kier molecular flexibility index (Phi) is 6.15. The van der Waals surface area contributed by atoms with Crippen LogP contribution >= 0.6 is 0 Å². The maximum atomic E-state index is 10.8. The van der Waals surface area contributed by atoms with Gasteiger partial charge in [0.1, 0.15) is 12.4 Å². The van der Waals surface area contributed by atoms with Crippen molar-refractivity contribution in [3.8, 4) is 5.75 Å². The van der Waals surface area contributed by atoms with Gasteiger partial charge in [-0.15, -0.1) is 0 Å². The molecule has 4 aromatic rings. The van der Waals surface area contributed by atoms with E-state index in [9.17, 15) is 5.11 Å². The van der Waals surface area contributed by atoms with Crippen LogP contribution in [0.25, 0.3) is 10.9 Å². The summed E-state index contributed by atoms with van der Waals surface area (Å²) in [7, 11) is 0. The van der Waals surface area contributed by atoms with E-state index < -0.39 is 6.10 Å². The molecule has 0 fully saturated rings. The normalized spacial score (nSPS) is 15.0. The van der Waals surface area contributed by atoms with Gasteiger partial charge < -0.3 is 9.84 Å². The number of aliphatic hydroxyl groups excluding tert-OH is 1. The van der Waals surface area contributed by atoms with Crippen molar-refractivity contribution in [1.29, 1.82) is 0 Å². The second-order valence-electron chi connectivity index (χ2n) is 8.45. The van der Waals surface area contributed by atoms with E-state index in [0.29, 0.717) is 13.0 Å². The van der Waals surface area contributed by atoms with Crippen molar-refractivity contribution >= 4 is 10.9 Å². The summed E-state index contributed by atoms with van der Waals surface area (Å²) in [5.74, 6) is 0.922. The van der Waals surface area contributed by atoms with Gasteiger partial charge in [0.25, 0.3) is 0 Å². The van der Waals surface area contributed by atoms with Crippen LogP contribution in [-0.4, -0.2) is 28.1 Å². The number of para-hydroxylation sites is 1. The molecule has 0 radical (unpaired) electrons. The Morgan fingerprint density at radius 3 is 2.72 bits per heavy atom. The zero-order chi connectivity index (χ0) is 21.8. The fourth-order valence-electron chi connectivity index (χ4n) is 4.46. The maximum absolute atomic E-state index is 10.8. The van der Waals surface area contributed by atoms with Gasteiger partial charge in [-0.1, -0.05) is 54.6 Å². The predicted molar refractivity (Wildman–Crippen MR) is 128 cm³/mol. The molecule has 3 aromatic carbocycles. The van der Waals surface area contributed by atoms with Gasteiger partial charge in [0.05, 0.1) is 11.6 Å². The van der Waals surface area contributed by atoms with Crippen molar-refractivity contribution < 1.29 is 9.84 Å². The van der Waals surface area contributed by atoms with E-state index in [2.05, 4.69) is 52.3 Å². The summed E-state index contributed by atoms with van der Waals surface area (Å²) < 4.78 is 6.03. The van der Waals surface area contributed by atoms with Crippen LogP contribution in [-0.2, 0) is 19.5 Å². The van der Waals surface area contributed by atoms with Gasteiger partial charge >= 0.3 is 0 Å². The number of aromatic nitrogens is 1. The van der Waals surface area contributed by atoms with E-state index in [-0.39, 0.29) is 0 Å². The highest BCUT2D eigenvalue weighted by molar-refractivity contribution is 5.81. The van der Waals surface area contributed by atoms with Gasteiger partial charge in [0.15, 0.2) is 0 Å². The molecule has 0 spiro atoms. The lowest BCUT2D eigenvalue weighted by Crippen LogP contribution is -2.25. The average molecular weight is 425 g/mol. The largest absolute Gasteiger partial charge is 0.492 e. The van der Waals surface area contributed by atoms with Crippen LogP contribution in [0.5, 0.6) is 5.75 Å². The van der Waals surface area contributed by atoms with E-state index >= 15 is 0 Å². The van der Waals surface area contributed by atoms with Crippen LogP contribution in [0.2, 0.25) is 0 Å². The van der Waals surface area contributed by atoms with E-state index in [1.54, 1.807) is 0 Å². The highest BCUT2D eigenvalue weighted by atomic mass is 16.5. The van der Waals surface area contributed by atoms with Gasteiger partial charge in [0, 0.05) is 36.8 Å². The minimum atomic E-state index is -0.485. The number of hydrogen-bond donors (Lipinski definition) is 1. The first-order chi connectivity index (χ1) is 15.8. The molecular formula is C28H28N2O2. The Balaban J connectivity index is 1.31. The van der Waals surface area contributed by atoms with Crippen molar-refractivity contribution in [3.63, 3.8) is 0 Å². The quantitative estimate of drug-likeness (QED) is 0.456. The SMILES string of the molecule is OC(CCc1ccccc1)c1ccc2c(c1)CN(Cc1ccnc3ccccc13)CCO2. The Labute approximate surface area is 189 Å². The summed E-state index contributed by atoms with van der Waals surface area (Å²) in [6.45, 7) is 3.15. The van der Waals surface area contributed by atoms with Crippen molar-refractivity contribution in [2.75, 3.05) is 13.2 Å². The molecule has 1 atom stereocenters. The highest BCUT2D eigenvalue weighted by Crippen LogP contribution is 2.29. The fourth-order valence-corrected chi connectivity index (χ4v) is 4.46. The second-order valence-corrected chi connectivity index (χ2v) is 8.45. The number of pyridine rings is 1. The molecular weight excluding hydrogens is 396 g/mol. The van der Waals surface area contributed by atoms with Crippen molar-refractivity contribution in [2.45, 2.75) is 32.0 Å². The van der Waals surface area contributed by atoms with E-state index in [4.69, 9.17) is 4.74 Å². The van der Waals surface area contributed by atoms with Crippen LogP contribution in [0.1, 0.15) is 34.8 Å². The molecule has 1 aromatic heterocycles. The molecule has 0 bridgehead atoms. The number of aliphatic hydroxyl groups is 1. The third-order valence-corrected chi connectivity index (χ3v) is 6.21. The molecule has 2 heterocycles. The molecule has 5 rings (SSSR count). The van der Waals surface area contributed by atoms with Crippen LogP contribution in [0, 0.1) is 0 Å². The summed E-state index contributed by atoms with van der Waals surface area (Å²) in [5.41, 5.74) is 5.65. The highest BCUT2D eigenvalue weighted by Gasteiger charge is 2.19. The summed E-state index contributed by atoms with van der Waals surface area (Å²) >= 11 is 0. The Morgan fingerprint density at radius 1 is 0.969 bits per heavy atom. The number of hydrogen-bond acceptors (Lipinski definition) is 4. The Bertz CT molecular complexity index is 1190. The third-order valence-electron chi connectivity index (χ3n) is 6.21. The number of fused-ring (bicyclic) bond motifs is 2. The second kappa shape index (κ2) is 9.51. The number of nitrogens with zero attached hydrogens (tertiary/aromatic N) is 2. The molecule has 0 saturated carbocycles. The molecule has 4 nitrogen and oxygen atoms in total. The first-order valence-electron chi connectivity index (χ1n) is 11.3. The predicted octanol–water partition coefficient (Wildman–Crippen LogP) is 5.30. The summed E-state index contributed by atoms with van der Waals surface area (Å²) in [6, 6.07) is 26.9. The topological polar surface area (TPSA) is 45.6 Å². The number of benzene rings is 3. The number of aryl methyl sites for hydroxylation is 1. The lowest BCUT2D eigenvalue weighted by atomic mass is 9.99. The molecule has 0 amide bonds. The van der Waals surface area contributed by atoms with E-state index in [1.165, 1.54) is 16.5 Å². The summed E-state index contributed by atoms with van der Waals surface area (Å²) in [6.07, 6.45) is 2.97. The van der Waals surface area contributed by atoms with Crippen LogP contribution < -0.4 is 4.74 Å². The standard InChI is InChI=1S/C28H28N2O2/c31-27(12-10-21-6-2-1-3-7-21)22-11-13-28-24(18-22)20-30(16-17-32-28)19-23-14-15-29-26-9-5-4-8-25(23)26/h1-9,11,13-15,18,27,31H,10,12,16-17,19-20H2. The first kappa shape index (κ1) is 20.7. The van der Waals surface area contributed by atoms with Crippen LogP contribution in [0.15, 0.2) is 85.1 Å². The molecule has 1 aliphatic rings. The third kappa shape index (κ3) is 4.67. The minimum Gasteiger partial charge on any atom is -0.492 e. The lowest BCUT2D eigenvalue weighted by molar-refractivity contribution is 0.167. The average Bonchev–Trinajstić information content (AvgIpc) is 3.04. The van der Waals surface area contributed by atoms with Gasteiger partial charge in [-0.05, 0) is 53.8 Å². The molecule has 162 valence electrons. The van der Waals surface area contributed by atoms with Crippen LogP contribution in [0.3, 0.4) is 0 Å². The van der Waals surface area contributed by atoms with E-state index in [0.717, 1.165) is 48.4 Å². The van der Waals surface area contributed by atoms with Gasteiger partial charge in [-0.2, -0.15) is 0 Å². The lowest BCUT2D eigenvalue weighted by Gasteiger charge is -2.21. The molecule has 1 N–H and O–H groups in total. The smallest absolute Gasteiger partial charge is 0.123 e. The van der Waals surface area contributed by atoms with Crippen molar-refractivity contribution in [2.24, 2.45) is 0 Å². The number of rotatable bonds is 6. The van der Waals surface area contributed by atoms with Gasteiger partial charge in [-0.25, -0.2) is 0 Å². The number of ether oxygens (including phenoxy) is 1. The fraction of sp³-hybridized carbons (Fsp3) is 0.250. The molecule has 4 heteroatoms. The van der Waals surface area contributed by atoms with Crippen molar-refractivity contribution in [3.05, 3.63) is 107 Å². The minimum absolute atomic E-state index is 0.485. The van der Waals surface area contributed by atoms with Gasteiger partial charge in [0.2, 0.25) is 0 Å².